The zero-order valence-corrected chi connectivity index (χ0v) is 12.7. The Morgan fingerprint density at radius 3 is 2.55 bits per heavy atom. The molecule has 1 saturated heterocycles. The van der Waals surface area contributed by atoms with Crippen molar-refractivity contribution in [1.82, 2.24) is 9.88 Å². The fourth-order valence-electron chi connectivity index (χ4n) is 2.60. The van der Waals surface area contributed by atoms with Crippen LogP contribution in [-0.4, -0.2) is 47.1 Å². The Bertz CT molecular complexity index is 685. The van der Waals surface area contributed by atoms with E-state index < -0.39 is 0 Å². The Balaban J connectivity index is 1.68. The SMILES string of the molecule is O=C(c1ccccc1O)N1CCN(c2ccncc2Cl)CC1. The fourth-order valence-corrected chi connectivity index (χ4v) is 2.84. The first kappa shape index (κ1) is 14.7. The summed E-state index contributed by atoms with van der Waals surface area (Å²) in [6.07, 6.45) is 3.33. The third kappa shape index (κ3) is 2.85. The van der Waals surface area contributed by atoms with Gasteiger partial charge >= 0.3 is 0 Å². The first-order valence-corrected chi connectivity index (χ1v) is 7.46. The molecule has 1 fully saturated rings. The molecular weight excluding hydrogens is 302 g/mol. The number of carbonyl (C=O) groups is 1. The van der Waals surface area contributed by atoms with Crippen molar-refractivity contribution >= 4 is 23.2 Å². The molecule has 22 heavy (non-hydrogen) atoms. The van der Waals surface area contributed by atoms with E-state index in [0.717, 1.165) is 5.69 Å². The van der Waals surface area contributed by atoms with Crippen molar-refractivity contribution in [2.24, 2.45) is 0 Å². The van der Waals surface area contributed by atoms with Crippen molar-refractivity contribution in [3.05, 3.63) is 53.3 Å². The second-order valence-electron chi connectivity index (χ2n) is 5.12. The number of piperazine rings is 1. The minimum Gasteiger partial charge on any atom is -0.507 e. The number of carbonyl (C=O) groups excluding carboxylic acids is 1. The van der Waals surface area contributed by atoms with Gasteiger partial charge in [0, 0.05) is 38.6 Å². The summed E-state index contributed by atoms with van der Waals surface area (Å²) in [7, 11) is 0. The highest BCUT2D eigenvalue weighted by molar-refractivity contribution is 6.33. The smallest absolute Gasteiger partial charge is 0.257 e. The summed E-state index contributed by atoms with van der Waals surface area (Å²) in [4.78, 5) is 20.3. The van der Waals surface area contributed by atoms with E-state index in [4.69, 9.17) is 11.6 Å². The Hall–Kier alpha value is -2.27. The highest BCUT2D eigenvalue weighted by atomic mass is 35.5. The normalized spacial score (nSPS) is 15.0. The van der Waals surface area contributed by atoms with Crippen LogP contribution in [0.1, 0.15) is 10.4 Å². The number of nitrogens with zero attached hydrogens (tertiary/aromatic N) is 3. The van der Waals surface area contributed by atoms with Crippen molar-refractivity contribution in [2.75, 3.05) is 31.1 Å². The van der Waals surface area contributed by atoms with Crippen LogP contribution in [0.5, 0.6) is 5.75 Å². The molecule has 3 rings (SSSR count). The van der Waals surface area contributed by atoms with Gasteiger partial charge in [-0.15, -0.1) is 0 Å². The maximum atomic E-state index is 12.4. The minimum atomic E-state index is -0.140. The number of aromatic hydroxyl groups is 1. The quantitative estimate of drug-likeness (QED) is 0.924. The lowest BCUT2D eigenvalue weighted by atomic mass is 10.1. The van der Waals surface area contributed by atoms with Gasteiger partial charge in [-0.1, -0.05) is 23.7 Å². The second-order valence-corrected chi connectivity index (χ2v) is 5.53. The number of aromatic nitrogens is 1. The average Bonchev–Trinajstić information content (AvgIpc) is 2.55. The number of hydrogen-bond donors (Lipinski definition) is 1. The number of halogens is 1. The van der Waals surface area contributed by atoms with Crippen LogP contribution in [0.3, 0.4) is 0 Å². The number of amides is 1. The van der Waals surface area contributed by atoms with E-state index in [9.17, 15) is 9.90 Å². The van der Waals surface area contributed by atoms with Crippen LogP contribution >= 0.6 is 11.6 Å². The van der Waals surface area contributed by atoms with Gasteiger partial charge in [0.25, 0.3) is 5.91 Å². The summed E-state index contributed by atoms with van der Waals surface area (Å²) >= 11 is 6.16. The highest BCUT2D eigenvalue weighted by Crippen LogP contribution is 2.26. The van der Waals surface area contributed by atoms with Gasteiger partial charge in [0.1, 0.15) is 5.75 Å². The molecule has 1 aromatic carbocycles. The summed E-state index contributed by atoms with van der Waals surface area (Å²) in [5, 5.41) is 10.4. The van der Waals surface area contributed by atoms with Crippen LogP contribution in [0.15, 0.2) is 42.7 Å². The van der Waals surface area contributed by atoms with Crippen LogP contribution < -0.4 is 4.90 Å². The molecule has 114 valence electrons. The van der Waals surface area contributed by atoms with E-state index in [-0.39, 0.29) is 11.7 Å². The maximum Gasteiger partial charge on any atom is 0.257 e. The van der Waals surface area contributed by atoms with Crippen LogP contribution in [-0.2, 0) is 0 Å². The Kier molecular flexibility index (Phi) is 4.15. The summed E-state index contributed by atoms with van der Waals surface area (Å²) in [6.45, 7) is 2.57. The van der Waals surface area contributed by atoms with Gasteiger partial charge in [-0.2, -0.15) is 0 Å². The highest BCUT2D eigenvalue weighted by Gasteiger charge is 2.24. The number of phenols is 1. The summed E-state index contributed by atoms with van der Waals surface area (Å²) in [5.74, 6) is -0.120. The number of rotatable bonds is 2. The molecule has 0 aliphatic carbocycles. The Morgan fingerprint density at radius 2 is 1.86 bits per heavy atom. The molecule has 1 amide bonds. The third-order valence-electron chi connectivity index (χ3n) is 3.79. The molecular formula is C16H16ClN3O2. The molecule has 0 saturated carbocycles. The van der Waals surface area contributed by atoms with E-state index in [2.05, 4.69) is 9.88 Å². The maximum absolute atomic E-state index is 12.4. The van der Waals surface area contributed by atoms with Crippen molar-refractivity contribution in [1.29, 1.82) is 0 Å². The van der Waals surface area contributed by atoms with Crippen LogP contribution in [0.4, 0.5) is 5.69 Å². The number of para-hydroxylation sites is 1. The van der Waals surface area contributed by atoms with Crippen LogP contribution in [0, 0.1) is 0 Å². The molecule has 1 aliphatic rings. The molecule has 6 heteroatoms. The Labute approximate surface area is 133 Å². The number of phenolic OH excluding ortho intramolecular Hbond substituents is 1. The van der Waals surface area contributed by atoms with Gasteiger partial charge in [0.05, 0.1) is 16.3 Å². The van der Waals surface area contributed by atoms with Gasteiger partial charge in [-0.25, -0.2) is 0 Å². The van der Waals surface area contributed by atoms with Gasteiger partial charge in [-0.05, 0) is 18.2 Å². The van der Waals surface area contributed by atoms with E-state index in [1.165, 1.54) is 6.07 Å². The summed E-state index contributed by atoms with van der Waals surface area (Å²) < 4.78 is 0. The van der Waals surface area contributed by atoms with Crippen molar-refractivity contribution in [2.45, 2.75) is 0 Å². The number of hydrogen-bond acceptors (Lipinski definition) is 4. The first-order chi connectivity index (χ1) is 10.7. The lowest BCUT2D eigenvalue weighted by Gasteiger charge is -2.36. The fraction of sp³-hybridized carbons (Fsp3) is 0.250. The number of anilines is 1. The molecule has 0 atom stereocenters. The van der Waals surface area contributed by atoms with Crippen molar-refractivity contribution in [3.8, 4) is 5.75 Å². The van der Waals surface area contributed by atoms with E-state index in [1.54, 1.807) is 35.5 Å². The molecule has 0 unspecified atom stereocenters. The second kappa shape index (κ2) is 6.23. The zero-order chi connectivity index (χ0) is 15.5. The largest absolute Gasteiger partial charge is 0.507 e. The lowest BCUT2D eigenvalue weighted by molar-refractivity contribution is 0.0744. The molecule has 1 aliphatic heterocycles. The molecule has 2 heterocycles. The van der Waals surface area contributed by atoms with Crippen molar-refractivity contribution < 1.29 is 9.90 Å². The van der Waals surface area contributed by atoms with E-state index >= 15 is 0 Å². The Morgan fingerprint density at radius 1 is 1.14 bits per heavy atom. The number of benzene rings is 1. The molecule has 1 N–H and O–H groups in total. The van der Waals surface area contributed by atoms with Gasteiger partial charge in [-0.3, -0.25) is 9.78 Å². The van der Waals surface area contributed by atoms with Crippen LogP contribution in [0.2, 0.25) is 5.02 Å². The third-order valence-corrected chi connectivity index (χ3v) is 4.08. The zero-order valence-electron chi connectivity index (χ0n) is 11.9. The van der Waals surface area contributed by atoms with Gasteiger partial charge in [0.15, 0.2) is 0 Å². The lowest BCUT2D eigenvalue weighted by Crippen LogP contribution is -2.48. The van der Waals surface area contributed by atoms with Gasteiger partial charge in [0.2, 0.25) is 0 Å². The number of pyridine rings is 1. The van der Waals surface area contributed by atoms with Crippen LogP contribution in [0.25, 0.3) is 0 Å². The predicted octanol–water partition coefficient (Wildman–Crippen LogP) is 2.40. The van der Waals surface area contributed by atoms with E-state index in [0.29, 0.717) is 36.8 Å². The molecule has 0 radical (unpaired) electrons. The minimum absolute atomic E-state index is 0.0205. The molecule has 2 aromatic rings. The molecule has 0 spiro atoms. The van der Waals surface area contributed by atoms with Gasteiger partial charge < -0.3 is 14.9 Å². The first-order valence-electron chi connectivity index (χ1n) is 7.08. The average molecular weight is 318 g/mol. The molecule has 5 nitrogen and oxygen atoms in total. The topological polar surface area (TPSA) is 56.7 Å². The standard InChI is InChI=1S/C16H16ClN3O2/c17-13-11-18-6-5-14(13)19-7-9-20(10-8-19)16(22)12-3-1-2-4-15(12)21/h1-6,11,21H,7-10H2. The van der Waals surface area contributed by atoms with Crippen molar-refractivity contribution in [3.63, 3.8) is 0 Å². The summed E-state index contributed by atoms with van der Waals surface area (Å²) in [6, 6.07) is 8.50. The molecule has 1 aromatic heterocycles. The monoisotopic (exact) mass is 317 g/mol. The predicted molar refractivity (Wildman–Crippen MR) is 85.5 cm³/mol. The summed E-state index contributed by atoms with van der Waals surface area (Å²) in [5.41, 5.74) is 1.28. The van der Waals surface area contributed by atoms with E-state index in [1.807, 2.05) is 6.07 Å². The molecule has 0 bridgehead atoms.